The maximum Gasteiger partial charge on any atom is 0.161 e. The van der Waals surface area contributed by atoms with Gasteiger partial charge in [-0.3, -0.25) is 4.79 Å². The van der Waals surface area contributed by atoms with E-state index in [2.05, 4.69) is 0 Å². The minimum absolute atomic E-state index is 0.0542. The number of rotatable bonds is 6. The minimum Gasteiger partial charge on any atom is -0.490 e. The predicted octanol–water partition coefficient (Wildman–Crippen LogP) is 2.93. The van der Waals surface area contributed by atoms with E-state index in [4.69, 9.17) is 15.2 Å². The van der Waals surface area contributed by atoms with E-state index in [9.17, 15) is 4.79 Å². The van der Waals surface area contributed by atoms with E-state index in [1.54, 1.807) is 18.2 Å². The van der Waals surface area contributed by atoms with E-state index < -0.39 is 0 Å². The maximum absolute atomic E-state index is 11.3. The first-order valence-electron chi connectivity index (χ1n) is 6.38. The summed E-state index contributed by atoms with van der Waals surface area (Å²) in [6, 6.07) is 14.6. The number of benzene rings is 2. The molecule has 4 heteroatoms. The van der Waals surface area contributed by atoms with Crippen molar-refractivity contribution >= 4 is 11.5 Å². The zero-order valence-electron chi connectivity index (χ0n) is 11.3. The Bertz CT molecular complexity index is 582. The lowest BCUT2D eigenvalue weighted by molar-refractivity contribution is 0.101. The molecular weight excluding hydrogens is 254 g/mol. The number of hydrogen-bond acceptors (Lipinski definition) is 4. The summed E-state index contributed by atoms with van der Waals surface area (Å²) in [5, 5.41) is 0. The lowest BCUT2D eigenvalue weighted by Gasteiger charge is -2.10. The quantitative estimate of drug-likeness (QED) is 0.498. The van der Waals surface area contributed by atoms with Gasteiger partial charge in [0.2, 0.25) is 0 Å². The Hall–Kier alpha value is -2.49. The van der Waals surface area contributed by atoms with Crippen LogP contribution in [0, 0.1) is 0 Å². The summed E-state index contributed by atoms with van der Waals surface area (Å²) < 4.78 is 11.0. The molecule has 0 unspecified atom stereocenters. The highest BCUT2D eigenvalue weighted by Gasteiger charge is 2.05. The largest absolute Gasteiger partial charge is 0.490 e. The van der Waals surface area contributed by atoms with Gasteiger partial charge in [0, 0.05) is 17.3 Å². The number of ether oxygens (including phenoxy) is 2. The van der Waals surface area contributed by atoms with Crippen LogP contribution in [-0.4, -0.2) is 19.0 Å². The van der Waals surface area contributed by atoms with Crippen LogP contribution in [0.1, 0.15) is 17.3 Å². The van der Waals surface area contributed by atoms with Gasteiger partial charge in [0.15, 0.2) is 5.78 Å². The third-order valence-corrected chi connectivity index (χ3v) is 2.77. The van der Waals surface area contributed by atoms with E-state index >= 15 is 0 Å². The summed E-state index contributed by atoms with van der Waals surface area (Å²) >= 11 is 0. The molecule has 2 N–H and O–H groups in total. The maximum atomic E-state index is 11.3. The monoisotopic (exact) mass is 271 g/mol. The van der Waals surface area contributed by atoms with Crippen molar-refractivity contribution in [2.45, 2.75) is 6.92 Å². The van der Waals surface area contributed by atoms with Crippen molar-refractivity contribution in [3.05, 3.63) is 54.1 Å². The lowest BCUT2D eigenvalue weighted by Crippen LogP contribution is -2.09. The van der Waals surface area contributed by atoms with Crippen LogP contribution in [0.3, 0.4) is 0 Å². The van der Waals surface area contributed by atoms with Gasteiger partial charge in [-0.05, 0) is 31.2 Å². The Balaban J connectivity index is 1.83. The van der Waals surface area contributed by atoms with Gasteiger partial charge in [-0.15, -0.1) is 0 Å². The Morgan fingerprint density at radius 1 is 1.00 bits per heavy atom. The van der Waals surface area contributed by atoms with Crippen molar-refractivity contribution in [2.75, 3.05) is 18.9 Å². The van der Waals surface area contributed by atoms with Gasteiger partial charge in [0.1, 0.15) is 24.7 Å². The first kappa shape index (κ1) is 13.9. The van der Waals surface area contributed by atoms with Crippen LogP contribution >= 0.6 is 0 Å². The number of carbonyl (C=O) groups is 1. The number of carbonyl (C=O) groups excluding carboxylic acids is 1. The Morgan fingerprint density at radius 2 is 1.65 bits per heavy atom. The first-order valence-corrected chi connectivity index (χ1v) is 6.38. The fourth-order valence-electron chi connectivity index (χ4n) is 1.79. The van der Waals surface area contributed by atoms with Crippen molar-refractivity contribution in [2.24, 2.45) is 0 Å². The summed E-state index contributed by atoms with van der Waals surface area (Å²) in [4.78, 5) is 11.3. The topological polar surface area (TPSA) is 61.5 Å². The van der Waals surface area contributed by atoms with Gasteiger partial charge in [-0.2, -0.15) is 0 Å². The molecule has 2 aromatic rings. The second kappa shape index (κ2) is 6.61. The molecule has 0 amide bonds. The average Bonchev–Trinajstić information content (AvgIpc) is 2.44. The van der Waals surface area contributed by atoms with Gasteiger partial charge < -0.3 is 15.2 Å². The molecule has 0 aliphatic heterocycles. The van der Waals surface area contributed by atoms with Crippen molar-refractivity contribution in [3.63, 3.8) is 0 Å². The standard InChI is InChI=1S/C16H17NO3/c1-12(18)15-8-7-14(11-16(15)17)20-10-9-19-13-5-3-2-4-6-13/h2-8,11H,9-10,17H2,1H3. The summed E-state index contributed by atoms with van der Waals surface area (Å²) in [5.74, 6) is 1.38. The SMILES string of the molecule is CC(=O)c1ccc(OCCOc2ccccc2)cc1N. The molecule has 104 valence electrons. The molecule has 0 atom stereocenters. The molecule has 0 fully saturated rings. The van der Waals surface area contributed by atoms with Crippen LogP contribution < -0.4 is 15.2 Å². The van der Waals surface area contributed by atoms with E-state index in [-0.39, 0.29) is 5.78 Å². The number of anilines is 1. The number of hydrogen-bond donors (Lipinski definition) is 1. The van der Waals surface area contributed by atoms with E-state index in [0.717, 1.165) is 5.75 Å². The molecule has 0 spiro atoms. The number of Topliss-reactive ketones (excluding diaryl/α,β-unsaturated/α-hetero) is 1. The Morgan fingerprint density at radius 3 is 2.25 bits per heavy atom. The first-order chi connectivity index (χ1) is 9.66. The molecule has 2 rings (SSSR count). The molecule has 0 saturated heterocycles. The molecule has 0 heterocycles. The smallest absolute Gasteiger partial charge is 0.161 e. The van der Waals surface area contributed by atoms with Crippen LogP contribution in [-0.2, 0) is 0 Å². The van der Waals surface area contributed by atoms with E-state index in [1.807, 2.05) is 30.3 Å². The molecule has 0 bridgehead atoms. The molecule has 0 radical (unpaired) electrons. The number of nitrogen functional groups attached to an aromatic ring is 1. The van der Waals surface area contributed by atoms with Crippen molar-refractivity contribution < 1.29 is 14.3 Å². The molecule has 2 aromatic carbocycles. The van der Waals surface area contributed by atoms with Crippen LogP contribution in [0.15, 0.2) is 48.5 Å². The van der Waals surface area contributed by atoms with Crippen molar-refractivity contribution in [1.29, 1.82) is 0 Å². The zero-order valence-corrected chi connectivity index (χ0v) is 11.3. The van der Waals surface area contributed by atoms with Gasteiger partial charge in [0.05, 0.1) is 0 Å². The normalized spacial score (nSPS) is 10.1. The molecule has 20 heavy (non-hydrogen) atoms. The number of ketones is 1. The molecule has 0 saturated carbocycles. The highest BCUT2D eigenvalue weighted by Crippen LogP contribution is 2.20. The number of nitrogens with two attached hydrogens (primary N) is 1. The van der Waals surface area contributed by atoms with Crippen LogP contribution in [0.2, 0.25) is 0 Å². The highest BCUT2D eigenvalue weighted by atomic mass is 16.5. The fourth-order valence-corrected chi connectivity index (χ4v) is 1.79. The summed E-state index contributed by atoms with van der Waals surface area (Å²) in [6.07, 6.45) is 0. The van der Waals surface area contributed by atoms with Crippen LogP contribution in [0.5, 0.6) is 11.5 Å². The van der Waals surface area contributed by atoms with Crippen LogP contribution in [0.4, 0.5) is 5.69 Å². The number of para-hydroxylation sites is 1. The Labute approximate surface area is 118 Å². The fraction of sp³-hybridized carbons (Fsp3) is 0.188. The average molecular weight is 271 g/mol. The second-order valence-electron chi connectivity index (χ2n) is 4.32. The van der Waals surface area contributed by atoms with Crippen molar-refractivity contribution in [3.8, 4) is 11.5 Å². The minimum atomic E-state index is -0.0542. The van der Waals surface area contributed by atoms with Gasteiger partial charge in [-0.25, -0.2) is 0 Å². The summed E-state index contributed by atoms with van der Waals surface area (Å²) in [5.41, 5.74) is 6.73. The van der Waals surface area contributed by atoms with E-state index in [1.165, 1.54) is 6.92 Å². The summed E-state index contributed by atoms with van der Waals surface area (Å²) in [6.45, 7) is 2.34. The molecule has 0 aromatic heterocycles. The third kappa shape index (κ3) is 3.75. The van der Waals surface area contributed by atoms with Gasteiger partial charge in [-0.1, -0.05) is 18.2 Å². The summed E-state index contributed by atoms with van der Waals surface area (Å²) in [7, 11) is 0. The highest BCUT2D eigenvalue weighted by molar-refractivity contribution is 5.99. The molecule has 0 aliphatic rings. The molecule has 4 nitrogen and oxygen atoms in total. The van der Waals surface area contributed by atoms with Crippen LogP contribution in [0.25, 0.3) is 0 Å². The van der Waals surface area contributed by atoms with Gasteiger partial charge in [0.25, 0.3) is 0 Å². The molecule has 0 aliphatic carbocycles. The molecular formula is C16H17NO3. The van der Waals surface area contributed by atoms with E-state index in [0.29, 0.717) is 30.2 Å². The lowest BCUT2D eigenvalue weighted by atomic mass is 10.1. The third-order valence-electron chi connectivity index (χ3n) is 2.77. The van der Waals surface area contributed by atoms with Gasteiger partial charge >= 0.3 is 0 Å². The zero-order chi connectivity index (χ0) is 14.4. The van der Waals surface area contributed by atoms with Crippen molar-refractivity contribution in [1.82, 2.24) is 0 Å². The predicted molar refractivity (Wildman–Crippen MR) is 78.3 cm³/mol. The second-order valence-corrected chi connectivity index (χ2v) is 4.32. The Kier molecular flexibility index (Phi) is 4.60.